The number of ether oxygens (including phenoxy) is 1. The molecule has 0 heterocycles. The van der Waals surface area contributed by atoms with Crippen LogP contribution in [0.1, 0.15) is 26.2 Å². The first-order valence-electron chi connectivity index (χ1n) is 5.37. The zero-order valence-electron chi connectivity index (χ0n) is 9.41. The number of carbonyl (C=O) groups is 2. The lowest BCUT2D eigenvalue weighted by atomic mass is 9.79. The Balaban J connectivity index is 2.00. The number of hydrogen-bond donors (Lipinski definition) is 3. The van der Waals surface area contributed by atoms with E-state index in [-0.39, 0.29) is 24.8 Å². The quantitative estimate of drug-likeness (QED) is 0.574. The summed E-state index contributed by atoms with van der Waals surface area (Å²) >= 11 is 0. The number of amides is 2. The van der Waals surface area contributed by atoms with Gasteiger partial charge in [0.05, 0.1) is 6.61 Å². The summed E-state index contributed by atoms with van der Waals surface area (Å²) < 4.78 is 4.77. The van der Waals surface area contributed by atoms with Gasteiger partial charge in [-0.15, -0.1) is 0 Å². The lowest BCUT2D eigenvalue weighted by Crippen LogP contribution is -2.54. The number of carboxylic acid groups (broad SMARTS) is 1. The Labute approximate surface area is 94.3 Å². The highest BCUT2D eigenvalue weighted by Crippen LogP contribution is 2.30. The molecule has 0 aromatic rings. The summed E-state index contributed by atoms with van der Waals surface area (Å²) in [7, 11) is 0. The molecule has 0 aliphatic heterocycles. The molecule has 6 nitrogen and oxygen atoms in total. The SMILES string of the molecule is CC1(NC(=O)NCCOCC(=O)O)CCC1. The molecule has 0 unspecified atom stereocenters. The van der Waals surface area contributed by atoms with Crippen LogP contribution in [0.2, 0.25) is 0 Å². The minimum absolute atomic E-state index is 0.0635. The van der Waals surface area contributed by atoms with E-state index in [0.29, 0.717) is 6.54 Å². The van der Waals surface area contributed by atoms with Crippen LogP contribution in [0.4, 0.5) is 4.79 Å². The van der Waals surface area contributed by atoms with Gasteiger partial charge < -0.3 is 20.5 Å². The third kappa shape index (κ3) is 4.48. The number of carboxylic acids is 1. The lowest BCUT2D eigenvalue weighted by molar-refractivity contribution is -0.142. The number of urea groups is 1. The number of nitrogens with one attached hydrogen (secondary N) is 2. The first-order chi connectivity index (χ1) is 7.52. The number of rotatable bonds is 6. The molecule has 1 fully saturated rings. The van der Waals surface area contributed by atoms with Gasteiger partial charge in [0.15, 0.2) is 0 Å². The van der Waals surface area contributed by atoms with Gasteiger partial charge in [-0.05, 0) is 26.2 Å². The summed E-state index contributed by atoms with van der Waals surface area (Å²) in [5.74, 6) is -1.01. The Hall–Kier alpha value is -1.30. The fourth-order valence-electron chi connectivity index (χ4n) is 1.55. The maximum atomic E-state index is 11.4. The predicted molar refractivity (Wildman–Crippen MR) is 57.2 cm³/mol. The minimum atomic E-state index is -1.01. The van der Waals surface area contributed by atoms with Gasteiger partial charge in [0, 0.05) is 12.1 Å². The van der Waals surface area contributed by atoms with E-state index in [9.17, 15) is 9.59 Å². The Morgan fingerprint density at radius 2 is 2.12 bits per heavy atom. The number of hydrogen-bond acceptors (Lipinski definition) is 3. The van der Waals surface area contributed by atoms with Crippen molar-refractivity contribution in [1.29, 1.82) is 0 Å². The first-order valence-corrected chi connectivity index (χ1v) is 5.37. The molecule has 2 amide bonds. The molecule has 0 aromatic heterocycles. The van der Waals surface area contributed by atoms with Crippen molar-refractivity contribution in [3.63, 3.8) is 0 Å². The summed E-state index contributed by atoms with van der Waals surface area (Å²) in [5, 5.41) is 13.8. The summed E-state index contributed by atoms with van der Waals surface area (Å²) in [5.41, 5.74) is -0.0635. The third-order valence-corrected chi connectivity index (χ3v) is 2.63. The van der Waals surface area contributed by atoms with Gasteiger partial charge in [0.1, 0.15) is 6.61 Å². The largest absolute Gasteiger partial charge is 0.480 e. The molecule has 0 bridgehead atoms. The molecule has 1 saturated carbocycles. The highest BCUT2D eigenvalue weighted by molar-refractivity contribution is 5.74. The van der Waals surface area contributed by atoms with Crippen LogP contribution in [0.3, 0.4) is 0 Å². The molecule has 3 N–H and O–H groups in total. The van der Waals surface area contributed by atoms with E-state index in [1.54, 1.807) is 0 Å². The van der Waals surface area contributed by atoms with Gasteiger partial charge in [0.25, 0.3) is 0 Å². The normalized spacial score (nSPS) is 17.3. The molecule has 0 atom stereocenters. The van der Waals surface area contributed by atoms with Crippen molar-refractivity contribution >= 4 is 12.0 Å². The second-order valence-electron chi connectivity index (χ2n) is 4.24. The Kier molecular flexibility index (Phi) is 4.54. The van der Waals surface area contributed by atoms with Crippen LogP contribution >= 0.6 is 0 Å². The van der Waals surface area contributed by atoms with Crippen molar-refractivity contribution in [1.82, 2.24) is 10.6 Å². The molecule has 6 heteroatoms. The minimum Gasteiger partial charge on any atom is -0.480 e. The molecule has 1 aliphatic carbocycles. The van der Waals surface area contributed by atoms with Gasteiger partial charge in [-0.3, -0.25) is 0 Å². The van der Waals surface area contributed by atoms with Crippen LogP contribution in [0.15, 0.2) is 0 Å². The van der Waals surface area contributed by atoms with E-state index in [4.69, 9.17) is 9.84 Å². The van der Waals surface area contributed by atoms with Crippen molar-refractivity contribution in [2.24, 2.45) is 0 Å². The van der Waals surface area contributed by atoms with E-state index in [1.807, 2.05) is 6.92 Å². The molecule has 0 radical (unpaired) electrons. The van der Waals surface area contributed by atoms with E-state index < -0.39 is 5.97 Å². The Bertz CT molecular complexity index is 264. The number of aliphatic carboxylic acids is 1. The average molecular weight is 230 g/mol. The average Bonchev–Trinajstić information content (AvgIpc) is 2.14. The van der Waals surface area contributed by atoms with Crippen LogP contribution in [-0.4, -0.2) is 42.4 Å². The Morgan fingerprint density at radius 3 is 2.62 bits per heavy atom. The standard InChI is InChI=1S/C10H18N2O4/c1-10(3-2-4-10)12-9(15)11-5-6-16-7-8(13)14/h2-7H2,1H3,(H,13,14)(H2,11,12,15). The zero-order chi connectivity index (χ0) is 12.0. The highest BCUT2D eigenvalue weighted by atomic mass is 16.5. The first kappa shape index (κ1) is 12.8. The maximum Gasteiger partial charge on any atom is 0.329 e. The van der Waals surface area contributed by atoms with Gasteiger partial charge in [-0.25, -0.2) is 9.59 Å². The second-order valence-corrected chi connectivity index (χ2v) is 4.24. The van der Waals surface area contributed by atoms with Crippen LogP contribution in [-0.2, 0) is 9.53 Å². The van der Waals surface area contributed by atoms with Crippen molar-refractivity contribution in [2.75, 3.05) is 19.8 Å². The van der Waals surface area contributed by atoms with Gasteiger partial charge in [-0.2, -0.15) is 0 Å². The maximum absolute atomic E-state index is 11.4. The molecule has 1 aliphatic rings. The molecule has 16 heavy (non-hydrogen) atoms. The molecule has 0 aromatic carbocycles. The summed E-state index contributed by atoms with van der Waals surface area (Å²) in [4.78, 5) is 21.5. The Morgan fingerprint density at radius 1 is 1.44 bits per heavy atom. The van der Waals surface area contributed by atoms with Gasteiger partial charge >= 0.3 is 12.0 Å². The second kappa shape index (κ2) is 5.69. The fourth-order valence-corrected chi connectivity index (χ4v) is 1.55. The number of carbonyl (C=O) groups excluding carboxylic acids is 1. The van der Waals surface area contributed by atoms with E-state index >= 15 is 0 Å². The van der Waals surface area contributed by atoms with Crippen molar-refractivity contribution in [3.8, 4) is 0 Å². The van der Waals surface area contributed by atoms with E-state index in [1.165, 1.54) is 0 Å². The summed E-state index contributed by atoms with van der Waals surface area (Å²) in [6.07, 6.45) is 3.17. The predicted octanol–water partition coefficient (Wildman–Crippen LogP) is 0.329. The molecule has 92 valence electrons. The van der Waals surface area contributed by atoms with Crippen molar-refractivity contribution < 1.29 is 19.4 Å². The van der Waals surface area contributed by atoms with Crippen LogP contribution in [0, 0.1) is 0 Å². The van der Waals surface area contributed by atoms with Crippen LogP contribution in [0.5, 0.6) is 0 Å². The molecule has 1 rings (SSSR count). The molecular formula is C10H18N2O4. The van der Waals surface area contributed by atoms with Crippen LogP contribution < -0.4 is 10.6 Å². The van der Waals surface area contributed by atoms with Crippen molar-refractivity contribution in [3.05, 3.63) is 0 Å². The topological polar surface area (TPSA) is 87.7 Å². The summed E-state index contributed by atoms with van der Waals surface area (Å²) in [6.45, 7) is 2.20. The highest BCUT2D eigenvalue weighted by Gasteiger charge is 2.32. The van der Waals surface area contributed by atoms with E-state index in [0.717, 1.165) is 19.3 Å². The monoisotopic (exact) mass is 230 g/mol. The van der Waals surface area contributed by atoms with Gasteiger partial charge in [0.2, 0.25) is 0 Å². The van der Waals surface area contributed by atoms with Gasteiger partial charge in [-0.1, -0.05) is 0 Å². The fraction of sp³-hybridized carbons (Fsp3) is 0.800. The summed E-state index contributed by atoms with van der Waals surface area (Å²) in [6, 6.07) is -0.221. The third-order valence-electron chi connectivity index (χ3n) is 2.63. The van der Waals surface area contributed by atoms with Crippen molar-refractivity contribution in [2.45, 2.75) is 31.7 Å². The lowest BCUT2D eigenvalue weighted by Gasteiger charge is -2.38. The smallest absolute Gasteiger partial charge is 0.329 e. The molecule has 0 saturated heterocycles. The molecular weight excluding hydrogens is 212 g/mol. The van der Waals surface area contributed by atoms with Crippen LogP contribution in [0.25, 0.3) is 0 Å². The molecule has 0 spiro atoms. The zero-order valence-corrected chi connectivity index (χ0v) is 9.41. The van der Waals surface area contributed by atoms with E-state index in [2.05, 4.69) is 10.6 Å².